The van der Waals surface area contributed by atoms with Gasteiger partial charge in [-0.1, -0.05) is 0 Å². The first-order valence-corrected chi connectivity index (χ1v) is 8.13. The van der Waals surface area contributed by atoms with E-state index in [0.29, 0.717) is 25.9 Å². The van der Waals surface area contributed by atoms with E-state index in [-0.39, 0.29) is 11.8 Å². The first-order chi connectivity index (χ1) is 11.1. The largest absolute Gasteiger partial charge is 0.341 e. The van der Waals surface area contributed by atoms with E-state index in [0.717, 1.165) is 29.6 Å². The predicted molar refractivity (Wildman–Crippen MR) is 84.3 cm³/mol. The van der Waals surface area contributed by atoms with Gasteiger partial charge in [-0.15, -0.1) is 0 Å². The molecule has 2 aliphatic rings. The number of pyridine rings is 1. The van der Waals surface area contributed by atoms with Gasteiger partial charge >= 0.3 is 0 Å². The summed E-state index contributed by atoms with van der Waals surface area (Å²) in [6.45, 7) is 1.37. The number of hydrogen-bond donors (Lipinski definition) is 0. The fourth-order valence-corrected chi connectivity index (χ4v) is 3.79. The van der Waals surface area contributed by atoms with Gasteiger partial charge in [0.2, 0.25) is 5.91 Å². The van der Waals surface area contributed by atoms with Crippen molar-refractivity contribution in [3.8, 4) is 6.07 Å². The number of fused-ring (bicyclic) bond motifs is 1. The van der Waals surface area contributed by atoms with E-state index in [2.05, 4.69) is 16.2 Å². The third kappa shape index (κ3) is 2.03. The van der Waals surface area contributed by atoms with Crippen molar-refractivity contribution < 1.29 is 4.79 Å². The van der Waals surface area contributed by atoms with Crippen LogP contribution >= 0.6 is 0 Å². The molecule has 1 atom stereocenters. The van der Waals surface area contributed by atoms with Crippen molar-refractivity contribution in [3.05, 3.63) is 24.0 Å². The maximum absolute atomic E-state index is 12.7. The normalized spacial score (nSPS) is 22.8. The van der Waals surface area contributed by atoms with Gasteiger partial charge in [-0.05, 0) is 37.8 Å². The molecule has 4 rings (SSSR count). The lowest BCUT2D eigenvalue weighted by atomic mass is 9.69. The van der Waals surface area contributed by atoms with Crippen LogP contribution in [0.2, 0.25) is 0 Å². The second-order valence-corrected chi connectivity index (χ2v) is 6.67. The number of nitriles is 1. The van der Waals surface area contributed by atoms with Crippen LogP contribution in [-0.4, -0.2) is 38.7 Å². The van der Waals surface area contributed by atoms with Crippen molar-refractivity contribution >= 4 is 16.9 Å². The summed E-state index contributed by atoms with van der Waals surface area (Å²) in [6.07, 6.45) is 5.06. The molecule has 1 amide bonds. The molecule has 0 radical (unpaired) electrons. The van der Waals surface area contributed by atoms with E-state index >= 15 is 0 Å². The zero-order chi connectivity index (χ0) is 16.0. The molecule has 0 bridgehead atoms. The predicted octanol–water partition coefficient (Wildman–Crippen LogP) is 1.98. The molecule has 6 nitrogen and oxygen atoms in total. The number of carbonyl (C=O) groups excluding carboxylic acids is 1. The first kappa shape index (κ1) is 14.2. The molecule has 2 fully saturated rings. The maximum atomic E-state index is 12.7. The standard InChI is InChI=1S/C17H19N5O/c1-21-15-13(4-2-8-19-15)14(20-21)12-5-9-22(10-12)16(23)17(11-18)6-3-7-17/h2,4,8,12H,3,5-7,9-10H2,1H3. The van der Waals surface area contributed by atoms with Crippen molar-refractivity contribution in [2.24, 2.45) is 12.5 Å². The van der Waals surface area contributed by atoms with Crippen molar-refractivity contribution in [3.63, 3.8) is 0 Å². The monoisotopic (exact) mass is 309 g/mol. The van der Waals surface area contributed by atoms with E-state index in [1.165, 1.54) is 0 Å². The Morgan fingerprint density at radius 3 is 3.00 bits per heavy atom. The van der Waals surface area contributed by atoms with E-state index in [4.69, 9.17) is 0 Å². The van der Waals surface area contributed by atoms with Gasteiger partial charge in [0.15, 0.2) is 5.65 Å². The van der Waals surface area contributed by atoms with E-state index in [1.54, 1.807) is 10.9 Å². The summed E-state index contributed by atoms with van der Waals surface area (Å²) >= 11 is 0. The Bertz CT molecular complexity index is 814. The van der Waals surface area contributed by atoms with Gasteiger partial charge < -0.3 is 4.90 Å². The van der Waals surface area contributed by atoms with E-state index in [1.807, 2.05) is 24.1 Å². The van der Waals surface area contributed by atoms with Crippen LogP contribution in [0.25, 0.3) is 11.0 Å². The Morgan fingerprint density at radius 1 is 1.48 bits per heavy atom. The topological polar surface area (TPSA) is 74.8 Å². The molecule has 118 valence electrons. The number of amides is 1. The summed E-state index contributed by atoms with van der Waals surface area (Å²) in [7, 11) is 1.90. The molecule has 1 saturated heterocycles. The van der Waals surface area contributed by atoms with Gasteiger partial charge in [0, 0.05) is 37.6 Å². The van der Waals surface area contributed by atoms with Gasteiger partial charge in [0.05, 0.1) is 11.8 Å². The highest BCUT2D eigenvalue weighted by Gasteiger charge is 2.48. The lowest BCUT2D eigenvalue weighted by Gasteiger charge is -2.36. The third-order valence-electron chi connectivity index (χ3n) is 5.32. The summed E-state index contributed by atoms with van der Waals surface area (Å²) in [5.41, 5.74) is 1.15. The number of hydrogen-bond acceptors (Lipinski definition) is 4. The highest BCUT2D eigenvalue weighted by atomic mass is 16.2. The molecule has 1 saturated carbocycles. The molecular formula is C17H19N5O. The number of nitrogens with zero attached hydrogens (tertiary/aromatic N) is 5. The van der Waals surface area contributed by atoms with Crippen LogP contribution in [0, 0.1) is 16.7 Å². The Morgan fingerprint density at radius 2 is 2.30 bits per heavy atom. The molecule has 23 heavy (non-hydrogen) atoms. The molecular weight excluding hydrogens is 290 g/mol. The first-order valence-electron chi connectivity index (χ1n) is 8.13. The molecule has 0 aromatic carbocycles. The fourth-order valence-electron chi connectivity index (χ4n) is 3.79. The average Bonchev–Trinajstić information content (AvgIpc) is 3.12. The zero-order valence-corrected chi connectivity index (χ0v) is 13.2. The lowest BCUT2D eigenvalue weighted by molar-refractivity contribution is -0.141. The van der Waals surface area contributed by atoms with Crippen LogP contribution in [0.5, 0.6) is 0 Å². The quantitative estimate of drug-likeness (QED) is 0.850. The molecule has 0 N–H and O–H groups in total. The minimum atomic E-state index is -0.747. The van der Waals surface area contributed by atoms with Gasteiger partial charge in [0.1, 0.15) is 5.41 Å². The smallest absolute Gasteiger partial charge is 0.243 e. The molecule has 0 spiro atoms. The van der Waals surface area contributed by atoms with Crippen LogP contribution < -0.4 is 0 Å². The van der Waals surface area contributed by atoms with E-state index < -0.39 is 5.41 Å². The Kier molecular flexibility index (Phi) is 3.12. The molecule has 3 heterocycles. The van der Waals surface area contributed by atoms with Gasteiger partial charge in [0.25, 0.3) is 0 Å². The zero-order valence-electron chi connectivity index (χ0n) is 13.2. The minimum Gasteiger partial charge on any atom is -0.341 e. The molecule has 6 heteroatoms. The number of carbonyl (C=O) groups is 1. The van der Waals surface area contributed by atoms with Crippen molar-refractivity contribution in [2.75, 3.05) is 13.1 Å². The van der Waals surface area contributed by atoms with Gasteiger partial charge in [-0.2, -0.15) is 10.4 Å². The summed E-state index contributed by atoms with van der Waals surface area (Å²) < 4.78 is 1.80. The minimum absolute atomic E-state index is 0.0205. The summed E-state index contributed by atoms with van der Waals surface area (Å²) in [5.74, 6) is 0.245. The fraction of sp³-hybridized carbons (Fsp3) is 0.529. The van der Waals surface area contributed by atoms with E-state index in [9.17, 15) is 10.1 Å². The number of rotatable bonds is 2. The summed E-state index contributed by atoms with van der Waals surface area (Å²) in [6, 6.07) is 6.22. The molecule has 2 aromatic heterocycles. The summed E-state index contributed by atoms with van der Waals surface area (Å²) in [5, 5.41) is 15.1. The van der Waals surface area contributed by atoms with Crippen LogP contribution in [0.4, 0.5) is 0 Å². The Balaban J connectivity index is 1.59. The molecule has 1 aliphatic heterocycles. The Labute approximate surface area is 134 Å². The maximum Gasteiger partial charge on any atom is 0.243 e. The summed E-state index contributed by atoms with van der Waals surface area (Å²) in [4.78, 5) is 18.9. The van der Waals surface area contributed by atoms with Crippen molar-refractivity contribution in [1.82, 2.24) is 19.7 Å². The van der Waals surface area contributed by atoms with Crippen molar-refractivity contribution in [2.45, 2.75) is 31.6 Å². The highest BCUT2D eigenvalue weighted by molar-refractivity contribution is 5.87. The molecule has 1 unspecified atom stereocenters. The second kappa shape index (κ2) is 5.05. The lowest BCUT2D eigenvalue weighted by Crippen LogP contribution is -2.46. The van der Waals surface area contributed by atoms with Crippen LogP contribution in [0.15, 0.2) is 18.3 Å². The van der Waals surface area contributed by atoms with Crippen LogP contribution in [0.3, 0.4) is 0 Å². The Hall–Kier alpha value is -2.42. The number of likely N-dealkylation sites (tertiary alicyclic amines) is 1. The van der Waals surface area contributed by atoms with Gasteiger partial charge in [-0.25, -0.2) is 4.98 Å². The molecule has 1 aliphatic carbocycles. The highest BCUT2D eigenvalue weighted by Crippen LogP contribution is 2.43. The van der Waals surface area contributed by atoms with Crippen LogP contribution in [-0.2, 0) is 11.8 Å². The number of aryl methyl sites for hydroxylation is 1. The average molecular weight is 309 g/mol. The van der Waals surface area contributed by atoms with Crippen LogP contribution in [0.1, 0.15) is 37.3 Å². The second-order valence-electron chi connectivity index (χ2n) is 6.67. The SMILES string of the molecule is Cn1nc(C2CCN(C(=O)C3(C#N)CCC3)C2)c2cccnc21. The van der Waals surface area contributed by atoms with Crippen molar-refractivity contribution in [1.29, 1.82) is 5.26 Å². The van der Waals surface area contributed by atoms with Gasteiger partial charge in [-0.3, -0.25) is 9.48 Å². The third-order valence-corrected chi connectivity index (χ3v) is 5.32. The number of aromatic nitrogens is 3. The molecule has 2 aromatic rings.